The van der Waals surface area contributed by atoms with Gasteiger partial charge in [-0.05, 0) is 19.1 Å². The van der Waals surface area contributed by atoms with E-state index in [2.05, 4.69) is 20.8 Å². The van der Waals surface area contributed by atoms with Crippen LogP contribution in [-0.4, -0.2) is 15.9 Å². The first-order valence-electron chi connectivity index (χ1n) is 5.47. The molecular weight excluding hydrogens is 266 g/mol. The first-order valence-corrected chi connectivity index (χ1v) is 5.84. The van der Waals surface area contributed by atoms with Crippen molar-refractivity contribution in [1.82, 2.24) is 15.4 Å². The number of nitrogens with zero attached hydrogens (tertiary/aromatic N) is 2. The van der Waals surface area contributed by atoms with Crippen LogP contribution in [0.15, 0.2) is 30.6 Å². The molecule has 0 aliphatic carbocycles. The Hall–Kier alpha value is -2.34. The van der Waals surface area contributed by atoms with Gasteiger partial charge in [-0.2, -0.15) is 0 Å². The summed E-state index contributed by atoms with van der Waals surface area (Å²) >= 11 is 5.73. The minimum atomic E-state index is -0.297. The van der Waals surface area contributed by atoms with Crippen molar-refractivity contribution >= 4 is 29.0 Å². The molecule has 0 atom stereocenters. The Morgan fingerprint density at radius 1 is 1.26 bits per heavy atom. The van der Waals surface area contributed by atoms with E-state index < -0.39 is 0 Å². The molecule has 0 spiro atoms. The maximum absolute atomic E-state index is 11.8. The number of aromatic nitrogens is 2. The summed E-state index contributed by atoms with van der Waals surface area (Å²) in [5.74, 6) is -0.0467. The Bertz CT molecular complexity index is 600. The van der Waals surface area contributed by atoms with E-state index >= 15 is 0 Å². The predicted molar refractivity (Wildman–Crippen MR) is 73.7 cm³/mol. The van der Waals surface area contributed by atoms with E-state index in [1.165, 1.54) is 6.33 Å². The molecule has 2 rings (SSSR count). The number of halogens is 1. The fourth-order valence-electron chi connectivity index (χ4n) is 1.37. The average molecular weight is 278 g/mol. The number of rotatable bonds is 3. The number of amides is 1. The van der Waals surface area contributed by atoms with E-state index in [9.17, 15) is 4.79 Å². The Morgan fingerprint density at radius 3 is 2.63 bits per heavy atom. The number of hydrazine groups is 1. The van der Waals surface area contributed by atoms with Crippen LogP contribution in [0.25, 0.3) is 0 Å². The molecule has 0 unspecified atom stereocenters. The molecule has 0 radical (unpaired) electrons. The molecular formula is C12H12ClN5O. The number of hydrogen-bond acceptors (Lipinski definition) is 5. The molecule has 19 heavy (non-hydrogen) atoms. The third-order valence-electron chi connectivity index (χ3n) is 2.44. The van der Waals surface area contributed by atoms with Crippen LogP contribution >= 0.6 is 11.6 Å². The normalized spacial score (nSPS) is 10.0. The van der Waals surface area contributed by atoms with E-state index in [-0.39, 0.29) is 22.6 Å². The first-order chi connectivity index (χ1) is 9.08. The third-order valence-corrected chi connectivity index (χ3v) is 2.74. The highest BCUT2D eigenvalue weighted by Gasteiger charge is 2.08. The summed E-state index contributed by atoms with van der Waals surface area (Å²) in [4.78, 5) is 19.4. The van der Waals surface area contributed by atoms with Crippen LogP contribution in [0.1, 0.15) is 15.9 Å². The van der Waals surface area contributed by atoms with Crippen molar-refractivity contribution in [3.8, 4) is 0 Å². The van der Waals surface area contributed by atoms with Crippen molar-refractivity contribution in [3.05, 3.63) is 46.9 Å². The highest BCUT2D eigenvalue weighted by molar-refractivity contribution is 6.32. The number of hydrogen-bond donors (Lipinski definition) is 3. The first kappa shape index (κ1) is 13.1. The zero-order chi connectivity index (χ0) is 13.8. The maximum atomic E-state index is 11.8. The van der Waals surface area contributed by atoms with E-state index in [0.29, 0.717) is 5.56 Å². The summed E-state index contributed by atoms with van der Waals surface area (Å²) in [5.41, 5.74) is 12.5. The maximum Gasteiger partial charge on any atom is 0.269 e. The number of aryl methyl sites for hydroxylation is 1. The van der Waals surface area contributed by atoms with Gasteiger partial charge in [0.2, 0.25) is 0 Å². The summed E-state index contributed by atoms with van der Waals surface area (Å²) < 4.78 is 0. The molecule has 4 N–H and O–H groups in total. The lowest BCUT2D eigenvalue weighted by atomic mass is 10.1. The third kappa shape index (κ3) is 3.11. The van der Waals surface area contributed by atoms with E-state index in [4.69, 9.17) is 17.3 Å². The summed E-state index contributed by atoms with van der Waals surface area (Å²) in [6.07, 6.45) is 1.25. The quantitative estimate of drug-likeness (QED) is 0.587. The monoisotopic (exact) mass is 277 g/mol. The van der Waals surface area contributed by atoms with E-state index in [0.717, 1.165) is 5.56 Å². The Labute approximate surface area is 115 Å². The van der Waals surface area contributed by atoms with Crippen molar-refractivity contribution in [2.45, 2.75) is 6.92 Å². The zero-order valence-electron chi connectivity index (χ0n) is 10.1. The van der Waals surface area contributed by atoms with Gasteiger partial charge in [0, 0.05) is 5.56 Å². The minimum Gasteiger partial charge on any atom is -0.393 e. The Balaban J connectivity index is 2.04. The standard InChI is InChI=1S/C12H12ClN5O/c1-7-2-4-8(5-3-7)12(19)18-17-11-9(14)10(13)15-6-16-11/h2-6H,14H2,1H3,(H,18,19)(H,15,16,17). The predicted octanol–water partition coefficient (Wildman–Crippen LogP) is 1.78. The molecule has 1 amide bonds. The second-order valence-electron chi connectivity index (χ2n) is 3.87. The Morgan fingerprint density at radius 2 is 1.95 bits per heavy atom. The second kappa shape index (κ2) is 5.53. The summed E-state index contributed by atoms with van der Waals surface area (Å²) in [6, 6.07) is 7.15. The van der Waals surface area contributed by atoms with Gasteiger partial charge in [0.15, 0.2) is 11.0 Å². The van der Waals surface area contributed by atoms with Crippen LogP contribution < -0.4 is 16.6 Å². The number of carbonyl (C=O) groups is 1. The SMILES string of the molecule is Cc1ccc(C(=O)NNc2ncnc(Cl)c2N)cc1. The van der Waals surface area contributed by atoms with Gasteiger partial charge in [0.25, 0.3) is 5.91 Å². The highest BCUT2D eigenvalue weighted by atomic mass is 35.5. The molecule has 0 bridgehead atoms. The molecule has 0 saturated heterocycles. The van der Waals surface area contributed by atoms with Gasteiger partial charge >= 0.3 is 0 Å². The van der Waals surface area contributed by atoms with Gasteiger partial charge < -0.3 is 5.73 Å². The molecule has 1 aromatic heterocycles. The molecule has 1 heterocycles. The lowest BCUT2D eigenvalue weighted by Gasteiger charge is -2.10. The lowest BCUT2D eigenvalue weighted by Crippen LogP contribution is -2.30. The van der Waals surface area contributed by atoms with Gasteiger partial charge in [-0.25, -0.2) is 9.97 Å². The van der Waals surface area contributed by atoms with E-state index in [1.54, 1.807) is 12.1 Å². The van der Waals surface area contributed by atoms with Crippen LogP contribution in [0.5, 0.6) is 0 Å². The molecule has 2 aromatic rings. The number of carbonyl (C=O) groups excluding carboxylic acids is 1. The summed E-state index contributed by atoms with van der Waals surface area (Å²) in [5, 5.41) is 0.127. The van der Waals surface area contributed by atoms with Gasteiger partial charge in [0.1, 0.15) is 12.0 Å². The number of nitrogens with two attached hydrogens (primary N) is 1. The van der Waals surface area contributed by atoms with E-state index in [1.807, 2.05) is 19.1 Å². The van der Waals surface area contributed by atoms with Crippen molar-refractivity contribution in [1.29, 1.82) is 0 Å². The molecule has 0 aliphatic rings. The fourth-order valence-corrected chi connectivity index (χ4v) is 1.50. The number of nitrogen functional groups attached to an aromatic ring is 1. The Kier molecular flexibility index (Phi) is 3.82. The largest absolute Gasteiger partial charge is 0.393 e. The highest BCUT2D eigenvalue weighted by Crippen LogP contribution is 2.20. The van der Waals surface area contributed by atoms with Crippen LogP contribution in [-0.2, 0) is 0 Å². The number of anilines is 2. The van der Waals surface area contributed by atoms with Crippen LogP contribution in [0.4, 0.5) is 11.5 Å². The van der Waals surface area contributed by atoms with Crippen LogP contribution in [0.2, 0.25) is 5.15 Å². The van der Waals surface area contributed by atoms with Crippen molar-refractivity contribution in [2.75, 3.05) is 11.2 Å². The summed E-state index contributed by atoms with van der Waals surface area (Å²) in [6.45, 7) is 1.95. The van der Waals surface area contributed by atoms with Crippen molar-refractivity contribution in [3.63, 3.8) is 0 Å². The molecule has 0 aliphatic heterocycles. The van der Waals surface area contributed by atoms with Crippen LogP contribution in [0, 0.1) is 6.92 Å². The topological polar surface area (TPSA) is 92.9 Å². The number of nitrogens with one attached hydrogen (secondary N) is 2. The van der Waals surface area contributed by atoms with Gasteiger partial charge in [0.05, 0.1) is 0 Å². The van der Waals surface area contributed by atoms with Gasteiger partial charge in [-0.1, -0.05) is 29.3 Å². The van der Waals surface area contributed by atoms with Crippen molar-refractivity contribution < 1.29 is 4.79 Å². The molecule has 0 saturated carbocycles. The minimum absolute atomic E-state index is 0.127. The lowest BCUT2D eigenvalue weighted by molar-refractivity contribution is 0.0962. The number of benzene rings is 1. The van der Waals surface area contributed by atoms with Crippen molar-refractivity contribution in [2.24, 2.45) is 0 Å². The average Bonchev–Trinajstić information content (AvgIpc) is 2.41. The van der Waals surface area contributed by atoms with Gasteiger partial charge in [-0.3, -0.25) is 15.6 Å². The fraction of sp³-hybridized carbons (Fsp3) is 0.0833. The van der Waals surface area contributed by atoms with Crippen LogP contribution in [0.3, 0.4) is 0 Å². The molecule has 0 fully saturated rings. The van der Waals surface area contributed by atoms with Gasteiger partial charge in [-0.15, -0.1) is 0 Å². The molecule has 6 nitrogen and oxygen atoms in total. The smallest absolute Gasteiger partial charge is 0.269 e. The molecule has 1 aromatic carbocycles. The molecule has 7 heteroatoms. The zero-order valence-corrected chi connectivity index (χ0v) is 10.9. The second-order valence-corrected chi connectivity index (χ2v) is 4.23. The summed E-state index contributed by atoms with van der Waals surface area (Å²) in [7, 11) is 0. The molecule has 98 valence electrons.